The van der Waals surface area contributed by atoms with E-state index in [0.29, 0.717) is 11.3 Å². The van der Waals surface area contributed by atoms with Crippen molar-refractivity contribution in [3.05, 3.63) is 77.9 Å². The smallest absolute Gasteiger partial charge is 0.269 e. The van der Waals surface area contributed by atoms with Gasteiger partial charge in [-0.2, -0.15) is 0 Å². The van der Waals surface area contributed by atoms with Gasteiger partial charge in [-0.1, -0.05) is 48.5 Å². The lowest BCUT2D eigenvalue weighted by atomic mass is 10.0. The third-order valence-corrected chi connectivity index (χ3v) is 3.88. The third-order valence-electron chi connectivity index (χ3n) is 3.88. The van der Waals surface area contributed by atoms with E-state index in [9.17, 15) is 9.59 Å². The Balaban J connectivity index is 1.63. The van der Waals surface area contributed by atoms with Gasteiger partial charge in [0.05, 0.1) is 13.5 Å². The minimum Gasteiger partial charge on any atom is -0.497 e. The fraction of sp³-hybridized carbons (Fsp3) is 0.100. The van der Waals surface area contributed by atoms with Gasteiger partial charge in [0.2, 0.25) is 5.91 Å². The maximum Gasteiger partial charge on any atom is 0.269 e. The standard InChI is InChI=1S/C20H18N2O3/c1-25-17-10-5-9-16(12-17)20(24)22-21-19(23)13-15-8-4-7-14-6-2-3-11-18(14)15/h2-12H,13H2,1H3,(H,21,23)(H,22,24). The van der Waals surface area contributed by atoms with Gasteiger partial charge in [0.25, 0.3) is 5.91 Å². The molecular formula is C20H18N2O3. The van der Waals surface area contributed by atoms with Crippen molar-refractivity contribution in [3.63, 3.8) is 0 Å². The van der Waals surface area contributed by atoms with E-state index in [-0.39, 0.29) is 12.3 Å². The number of nitrogens with one attached hydrogen (secondary N) is 2. The first-order valence-electron chi connectivity index (χ1n) is 7.87. The molecule has 0 atom stereocenters. The first-order valence-corrected chi connectivity index (χ1v) is 7.87. The summed E-state index contributed by atoms with van der Waals surface area (Å²) in [6.07, 6.45) is 0.180. The van der Waals surface area contributed by atoms with Gasteiger partial charge in [-0.25, -0.2) is 0 Å². The fourth-order valence-corrected chi connectivity index (χ4v) is 2.63. The summed E-state index contributed by atoms with van der Waals surface area (Å²) in [5, 5.41) is 2.10. The molecule has 0 aliphatic heterocycles. The second-order valence-electron chi connectivity index (χ2n) is 5.55. The van der Waals surface area contributed by atoms with Gasteiger partial charge in [-0.15, -0.1) is 0 Å². The van der Waals surface area contributed by atoms with E-state index in [4.69, 9.17) is 4.74 Å². The van der Waals surface area contributed by atoms with Crippen molar-refractivity contribution in [1.29, 1.82) is 0 Å². The zero-order chi connectivity index (χ0) is 17.6. The fourth-order valence-electron chi connectivity index (χ4n) is 2.63. The molecule has 0 radical (unpaired) electrons. The minimum absolute atomic E-state index is 0.180. The third kappa shape index (κ3) is 3.95. The second-order valence-corrected chi connectivity index (χ2v) is 5.55. The van der Waals surface area contributed by atoms with Gasteiger partial charge in [0.15, 0.2) is 0 Å². The van der Waals surface area contributed by atoms with Crippen LogP contribution in [0.4, 0.5) is 0 Å². The molecule has 0 spiro atoms. The van der Waals surface area contributed by atoms with Crippen molar-refractivity contribution in [3.8, 4) is 5.75 Å². The summed E-state index contributed by atoms with van der Waals surface area (Å²) in [7, 11) is 1.53. The topological polar surface area (TPSA) is 67.4 Å². The summed E-state index contributed by atoms with van der Waals surface area (Å²) in [5.74, 6) is -0.104. The molecule has 2 amide bonds. The molecule has 0 saturated heterocycles. The van der Waals surface area contributed by atoms with Gasteiger partial charge in [-0.05, 0) is 34.5 Å². The maximum absolute atomic E-state index is 12.2. The molecule has 3 rings (SSSR count). The van der Waals surface area contributed by atoms with Crippen LogP contribution >= 0.6 is 0 Å². The van der Waals surface area contributed by atoms with Gasteiger partial charge in [-0.3, -0.25) is 20.4 Å². The summed E-state index contributed by atoms with van der Waals surface area (Å²) >= 11 is 0. The number of methoxy groups -OCH3 is 1. The van der Waals surface area contributed by atoms with Crippen molar-refractivity contribution in [2.24, 2.45) is 0 Å². The predicted molar refractivity (Wildman–Crippen MR) is 96.3 cm³/mol. The highest BCUT2D eigenvalue weighted by atomic mass is 16.5. The summed E-state index contributed by atoms with van der Waals surface area (Å²) in [5.41, 5.74) is 6.19. The molecule has 0 heterocycles. The van der Waals surface area contributed by atoms with Crippen molar-refractivity contribution >= 4 is 22.6 Å². The molecule has 25 heavy (non-hydrogen) atoms. The highest BCUT2D eigenvalue weighted by Gasteiger charge is 2.10. The molecule has 0 saturated carbocycles. The maximum atomic E-state index is 12.2. The van der Waals surface area contributed by atoms with Crippen LogP contribution in [0.5, 0.6) is 5.75 Å². The minimum atomic E-state index is -0.398. The lowest BCUT2D eigenvalue weighted by Crippen LogP contribution is -2.42. The number of amides is 2. The van der Waals surface area contributed by atoms with Gasteiger partial charge < -0.3 is 4.74 Å². The van der Waals surface area contributed by atoms with E-state index in [0.717, 1.165) is 16.3 Å². The summed E-state index contributed by atoms with van der Waals surface area (Å²) < 4.78 is 5.08. The lowest BCUT2D eigenvalue weighted by Gasteiger charge is -2.10. The zero-order valence-corrected chi connectivity index (χ0v) is 13.8. The largest absolute Gasteiger partial charge is 0.497 e. The van der Waals surface area contributed by atoms with Crippen molar-refractivity contribution < 1.29 is 14.3 Å². The first-order chi connectivity index (χ1) is 12.2. The van der Waals surface area contributed by atoms with Crippen molar-refractivity contribution in [2.45, 2.75) is 6.42 Å². The van der Waals surface area contributed by atoms with Crippen LogP contribution in [-0.4, -0.2) is 18.9 Å². The van der Waals surface area contributed by atoms with Crippen LogP contribution in [0.2, 0.25) is 0 Å². The summed E-state index contributed by atoms with van der Waals surface area (Å²) in [4.78, 5) is 24.3. The first kappa shape index (κ1) is 16.5. The van der Waals surface area contributed by atoms with Crippen molar-refractivity contribution in [1.82, 2.24) is 10.9 Å². The number of hydrogen-bond acceptors (Lipinski definition) is 3. The Morgan fingerprint density at radius 2 is 1.68 bits per heavy atom. The molecule has 126 valence electrons. The van der Waals surface area contributed by atoms with Crippen LogP contribution in [0, 0.1) is 0 Å². The number of carbonyl (C=O) groups is 2. The Morgan fingerprint density at radius 3 is 2.52 bits per heavy atom. The van der Waals surface area contributed by atoms with Crippen LogP contribution in [0.15, 0.2) is 66.7 Å². The molecule has 0 unspecified atom stereocenters. The molecule has 3 aromatic carbocycles. The van der Waals surface area contributed by atoms with Crippen LogP contribution in [0.3, 0.4) is 0 Å². The molecule has 0 bridgehead atoms. The molecular weight excluding hydrogens is 316 g/mol. The molecule has 2 N–H and O–H groups in total. The number of hydrogen-bond donors (Lipinski definition) is 2. The quantitative estimate of drug-likeness (QED) is 0.721. The SMILES string of the molecule is COc1cccc(C(=O)NNC(=O)Cc2cccc3ccccc23)c1. The Hall–Kier alpha value is -3.34. The molecule has 3 aromatic rings. The Labute approximate surface area is 145 Å². The predicted octanol–water partition coefficient (Wildman–Crippen LogP) is 2.85. The number of carbonyl (C=O) groups excluding carboxylic acids is 2. The summed E-state index contributed by atoms with van der Waals surface area (Å²) in [6, 6.07) is 20.4. The van der Waals surface area contributed by atoms with E-state index in [1.54, 1.807) is 24.3 Å². The van der Waals surface area contributed by atoms with E-state index < -0.39 is 5.91 Å². The van der Waals surface area contributed by atoms with Crippen LogP contribution in [0.1, 0.15) is 15.9 Å². The molecule has 5 nitrogen and oxygen atoms in total. The molecule has 0 aliphatic rings. The van der Waals surface area contributed by atoms with E-state index in [2.05, 4.69) is 10.9 Å². The monoisotopic (exact) mass is 334 g/mol. The average Bonchev–Trinajstić information content (AvgIpc) is 2.66. The number of fused-ring (bicyclic) bond motifs is 1. The number of benzene rings is 3. The van der Waals surface area contributed by atoms with E-state index >= 15 is 0 Å². The zero-order valence-electron chi connectivity index (χ0n) is 13.8. The summed E-state index contributed by atoms with van der Waals surface area (Å²) in [6.45, 7) is 0. The van der Waals surface area contributed by atoms with Gasteiger partial charge in [0.1, 0.15) is 5.75 Å². The van der Waals surface area contributed by atoms with E-state index in [1.807, 2.05) is 42.5 Å². The number of ether oxygens (including phenoxy) is 1. The highest BCUT2D eigenvalue weighted by Crippen LogP contribution is 2.18. The normalized spacial score (nSPS) is 10.3. The second kappa shape index (κ2) is 7.49. The number of hydrazine groups is 1. The Bertz CT molecular complexity index is 916. The Kier molecular flexibility index (Phi) is 4.95. The van der Waals surface area contributed by atoms with Crippen LogP contribution < -0.4 is 15.6 Å². The van der Waals surface area contributed by atoms with Gasteiger partial charge in [0, 0.05) is 5.56 Å². The number of rotatable bonds is 4. The average molecular weight is 334 g/mol. The molecule has 0 fully saturated rings. The molecule has 0 aliphatic carbocycles. The lowest BCUT2D eigenvalue weighted by molar-refractivity contribution is -0.121. The van der Waals surface area contributed by atoms with Crippen LogP contribution in [-0.2, 0) is 11.2 Å². The van der Waals surface area contributed by atoms with Gasteiger partial charge >= 0.3 is 0 Å². The van der Waals surface area contributed by atoms with Crippen molar-refractivity contribution in [2.75, 3.05) is 7.11 Å². The molecule has 5 heteroatoms. The van der Waals surface area contributed by atoms with E-state index in [1.165, 1.54) is 7.11 Å². The Morgan fingerprint density at radius 1 is 0.920 bits per heavy atom. The highest BCUT2D eigenvalue weighted by molar-refractivity contribution is 5.96. The van der Waals surface area contributed by atoms with Crippen LogP contribution in [0.25, 0.3) is 10.8 Å². The molecule has 0 aromatic heterocycles.